The summed E-state index contributed by atoms with van der Waals surface area (Å²) in [6.45, 7) is 1.23. The lowest BCUT2D eigenvalue weighted by Gasteiger charge is -2.41. The minimum absolute atomic E-state index is 0.185. The van der Waals surface area contributed by atoms with Crippen LogP contribution in [0, 0.1) is 0 Å². The number of fused-ring (bicyclic) bond motifs is 2. The van der Waals surface area contributed by atoms with Crippen molar-refractivity contribution in [1.29, 1.82) is 0 Å². The third-order valence-electron chi connectivity index (χ3n) is 4.14. The van der Waals surface area contributed by atoms with Gasteiger partial charge in [0.1, 0.15) is 6.10 Å². The van der Waals surface area contributed by atoms with Crippen molar-refractivity contribution in [2.75, 3.05) is 20.2 Å². The molecule has 3 heterocycles. The number of aromatic nitrogens is 1. The van der Waals surface area contributed by atoms with Crippen LogP contribution in [0.3, 0.4) is 0 Å². The molecule has 2 fully saturated rings. The molecule has 110 valence electrons. The van der Waals surface area contributed by atoms with Gasteiger partial charge >= 0.3 is 0 Å². The van der Waals surface area contributed by atoms with Crippen molar-refractivity contribution < 1.29 is 14.6 Å². The molecule has 0 aliphatic carbocycles. The number of likely N-dealkylation sites (N-methyl/N-ethyl adjacent to an activating group) is 1. The SMILES string of the molecule is CN(CCc1ccccn1)C1C2OCC(O2)C(N)C1O. The maximum absolute atomic E-state index is 10.3. The molecule has 2 saturated heterocycles. The molecule has 1 aromatic rings. The lowest BCUT2D eigenvalue weighted by atomic mass is 9.96. The topological polar surface area (TPSA) is 80.8 Å². The van der Waals surface area contributed by atoms with Gasteiger partial charge in [-0.25, -0.2) is 0 Å². The molecule has 5 unspecified atom stereocenters. The molecular formula is C14H21N3O3. The Bertz CT molecular complexity index is 445. The average Bonchev–Trinajstić information content (AvgIpc) is 2.90. The quantitative estimate of drug-likeness (QED) is 0.764. The number of nitrogens with zero attached hydrogens (tertiary/aromatic N) is 2. The highest BCUT2D eigenvalue weighted by Gasteiger charge is 2.49. The number of nitrogens with two attached hydrogens (primary N) is 1. The predicted molar refractivity (Wildman–Crippen MR) is 73.0 cm³/mol. The number of hydrogen-bond acceptors (Lipinski definition) is 6. The van der Waals surface area contributed by atoms with Crippen molar-refractivity contribution in [2.45, 2.75) is 37.0 Å². The molecule has 6 heteroatoms. The number of aliphatic hydroxyl groups is 1. The summed E-state index contributed by atoms with van der Waals surface area (Å²) in [6, 6.07) is 5.25. The second-order valence-corrected chi connectivity index (χ2v) is 5.49. The zero-order chi connectivity index (χ0) is 14.1. The number of ether oxygens (including phenoxy) is 2. The first kappa shape index (κ1) is 13.9. The lowest BCUT2D eigenvalue weighted by Crippen LogP contribution is -2.62. The molecule has 1 aromatic heterocycles. The van der Waals surface area contributed by atoms with Gasteiger partial charge < -0.3 is 20.3 Å². The molecule has 0 saturated carbocycles. The van der Waals surface area contributed by atoms with Crippen molar-refractivity contribution in [1.82, 2.24) is 9.88 Å². The molecule has 3 N–H and O–H groups in total. The Morgan fingerprint density at radius 1 is 1.50 bits per heavy atom. The van der Waals surface area contributed by atoms with E-state index in [1.807, 2.05) is 30.1 Å². The third kappa shape index (κ3) is 2.57. The summed E-state index contributed by atoms with van der Waals surface area (Å²) in [5.41, 5.74) is 7.03. The van der Waals surface area contributed by atoms with Crippen molar-refractivity contribution in [3.8, 4) is 0 Å². The fraction of sp³-hybridized carbons (Fsp3) is 0.643. The van der Waals surface area contributed by atoms with E-state index in [-0.39, 0.29) is 18.4 Å². The van der Waals surface area contributed by atoms with Crippen molar-refractivity contribution in [3.63, 3.8) is 0 Å². The minimum atomic E-state index is -0.630. The molecule has 5 atom stereocenters. The van der Waals surface area contributed by atoms with Gasteiger partial charge in [0.15, 0.2) is 6.29 Å². The van der Waals surface area contributed by atoms with Gasteiger partial charge in [-0.2, -0.15) is 0 Å². The van der Waals surface area contributed by atoms with Gasteiger partial charge in [0.25, 0.3) is 0 Å². The fourth-order valence-corrected chi connectivity index (χ4v) is 2.88. The number of pyridine rings is 1. The van der Waals surface area contributed by atoms with Crippen LogP contribution in [0.4, 0.5) is 0 Å². The minimum Gasteiger partial charge on any atom is -0.390 e. The van der Waals surface area contributed by atoms with Crippen molar-refractivity contribution >= 4 is 0 Å². The Morgan fingerprint density at radius 3 is 3.10 bits per heavy atom. The second-order valence-electron chi connectivity index (χ2n) is 5.49. The van der Waals surface area contributed by atoms with Crippen LogP contribution in [-0.2, 0) is 15.9 Å². The Hall–Kier alpha value is -1.05. The number of aliphatic hydroxyl groups excluding tert-OH is 1. The van der Waals surface area contributed by atoms with Crippen LogP contribution in [0.2, 0.25) is 0 Å². The number of hydrogen-bond donors (Lipinski definition) is 2. The van der Waals surface area contributed by atoms with E-state index in [1.54, 1.807) is 6.20 Å². The molecule has 0 amide bonds. The number of rotatable bonds is 4. The van der Waals surface area contributed by atoms with E-state index in [2.05, 4.69) is 4.98 Å². The summed E-state index contributed by atoms with van der Waals surface area (Å²) >= 11 is 0. The second kappa shape index (κ2) is 5.75. The standard InChI is InChI=1S/C14H21N3O3/c1-17(7-5-9-4-2-3-6-16-9)12-13(18)11(15)10-8-19-14(12)20-10/h2-4,6,10-14,18H,5,7-8,15H2,1H3. The smallest absolute Gasteiger partial charge is 0.176 e. The average molecular weight is 279 g/mol. The summed E-state index contributed by atoms with van der Waals surface area (Å²) in [7, 11) is 1.95. The monoisotopic (exact) mass is 279 g/mol. The van der Waals surface area contributed by atoms with Gasteiger partial charge in [-0.3, -0.25) is 9.88 Å². The fourth-order valence-electron chi connectivity index (χ4n) is 2.88. The summed E-state index contributed by atoms with van der Waals surface area (Å²) in [4.78, 5) is 6.35. The maximum Gasteiger partial charge on any atom is 0.176 e. The van der Waals surface area contributed by atoms with Crippen LogP contribution < -0.4 is 5.73 Å². The molecule has 2 bridgehead atoms. The van der Waals surface area contributed by atoms with Gasteiger partial charge in [0, 0.05) is 24.9 Å². The Morgan fingerprint density at radius 2 is 2.35 bits per heavy atom. The van der Waals surface area contributed by atoms with Crippen LogP contribution in [0.1, 0.15) is 5.69 Å². The van der Waals surface area contributed by atoms with Crippen LogP contribution in [-0.4, -0.2) is 65.8 Å². The predicted octanol–water partition coefficient (Wildman–Crippen LogP) is -0.632. The third-order valence-corrected chi connectivity index (χ3v) is 4.14. The van der Waals surface area contributed by atoms with Gasteiger partial charge in [0.2, 0.25) is 0 Å². The largest absolute Gasteiger partial charge is 0.390 e. The first-order valence-electron chi connectivity index (χ1n) is 6.97. The first-order chi connectivity index (χ1) is 9.66. The van der Waals surface area contributed by atoms with Crippen molar-refractivity contribution in [3.05, 3.63) is 30.1 Å². The van der Waals surface area contributed by atoms with E-state index >= 15 is 0 Å². The van der Waals surface area contributed by atoms with Gasteiger partial charge in [0.05, 0.1) is 24.8 Å². The van der Waals surface area contributed by atoms with Crippen molar-refractivity contribution in [2.24, 2.45) is 5.73 Å². The molecular weight excluding hydrogens is 258 g/mol. The van der Waals surface area contributed by atoms with Crippen LogP contribution in [0.15, 0.2) is 24.4 Å². The Balaban J connectivity index is 1.62. The summed E-state index contributed by atoms with van der Waals surface area (Å²) in [5, 5.41) is 10.3. The molecule has 20 heavy (non-hydrogen) atoms. The Labute approximate surface area is 118 Å². The van der Waals surface area contributed by atoms with Crippen LogP contribution in [0.5, 0.6) is 0 Å². The van der Waals surface area contributed by atoms with E-state index in [1.165, 1.54) is 0 Å². The van der Waals surface area contributed by atoms with E-state index in [0.717, 1.165) is 18.7 Å². The molecule has 0 spiro atoms. The zero-order valence-electron chi connectivity index (χ0n) is 11.6. The van der Waals surface area contributed by atoms with Crippen LogP contribution in [0.25, 0.3) is 0 Å². The summed E-state index contributed by atoms with van der Waals surface area (Å²) in [5.74, 6) is 0. The normalized spacial score (nSPS) is 36.5. The van der Waals surface area contributed by atoms with E-state index in [0.29, 0.717) is 6.61 Å². The molecule has 0 aromatic carbocycles. The highest BCUT2D eigenvalue weighted by molar-refractivity contribution is 5.05. The Kier molecular flexibility index (Phi) is 4.00. The van der Waals surface area contributed by atoms with E-state index < -0.39 is 12.1 Å². The highest BCUT2D eigenvalue weighted by Crippen LogP contribution is 2.29. The lowest BCUT2D eigenvalue weighted by molar-refractivity contribution is -0.174. The maximum atomic E-state index is 10.3. The van der Waals surface area contributed by atoms with E-state index in [9.17, 15) is 5.11 Å². The summed E-state index contributed by atoms with van der Waals surface area (Å²) < 4.78 is 11.3. The molecule has 0 radical (unpaired) electrons. The summed E-state index contributed by atoms with van der Waals surface area (Å²) in [6.07, 6.45) is 1.40. The first-order valence-corrected chi connectivity index (χ1v) is 6.97. The molecule has 2 aliphatic heterocycles. The zero-order valence-corrected chi connectivity index (χ0v) is 11.6. The molecule has 2 aliphatic rings. The van der Waals surface area contributed by atoms with Gasteiger partial charge in [-0.05, 0) is 19.2 Å². The van der Waals surface area contributed by atoms with E-state index in [4.69, 9.17) is 15.2 Å². The molecule has 3 rings (SSSR count). The highest BCUT2D eigenvalue weighted by atomic mass is 16.7. The molecule has 6 nitrogen and oxygen atoms in total. The van der Waals surface area contributed by atoms with Crippen LogP contribution >= 0.6 is 0 Å². The van der Waals surface area contributed by atoms with Gasteiger partial charge in [-0.1, -0.05) is 6.07 Å². The van der Waals surface area contributed by atoms with Gasteiger partial charge in [-0.15, -0.1) is 0 Å².